The summed E-state index contributed by atoms with van der Waals surface area (Å²) in [6.07, 6.45) is 6.60. The van der Waals surface area contributed by atoms with Crippen molar-refractivity contribution < 1.29 is 0 Å². The van der Waals surface area contributed by atoms with E-state index in [1.54, 1.807) is 0 Å². The van der Waals surface area contributed by atoms with Crippen LogP contribution in [0.1, 0.15) is 54.5 Å². The Kier molecular flexibility index (Phi) is 8.72. The first-order valence-corrected chi connectivity index (χ1v) is 18.2. The fourth-order valence-corrected chi connectivity index (χ4v) is 8.07. The van der Waals surface area contributed by atoms with Gasteiger partial charge in [0.25, 0.3) is 0 Å². The van der Waals surface area contributed by atoms with Gasteiger partial charge in [0.15, 0.2) is 0 Å². The lowest BCUT2D eigenvalue weighted by molar-refractivity contribution is 0.490. The van der Waals surface area contributed by atoms with E-state index in [-0.39, 0.29) is 5.41 Å². The van der Waals surface area contributed by atoms with Crippen LogP contribution < -0.4 is 4.90 Å². The quantitative estimate of drug-likeness (QED) is 0.140. The molecule has 7 aromatic rings. The molecule has 1 aliphatic carbocycles. The average molecular weight is 658 g/mol. The van der Waals surface area contributed by atoms with Gasteiger partial charge < -0.3 is 4.90 Å². The van der Waals surface area contributed by atoms with Crippen LogP contribution in [0.4, 0.5) is 17.1 Å². The van der Waals surface area contributed by atoms with Crippen LogP contribution in [-0.2, 0) is 5.41 Å². The van der Waals surface area contributed by atoms with Crippen molar-refractivity contribution in [3.8, 4) is 33.4 Å². The molecular formula is C50H43N. The zero-order valence-corrected chi connectivity index (χ0v) is 29.7. The summed E-state index contributed by atoms with van der Waals surface area (Å²) in [7, 11) is 0. The first kappa shape index (κ1) is 32.3. The monoisotopic (exact) mass is 657 g/mol. The Morgan fingerprint density at radius 1 is 0.431 bits per heavy atom. The maximum absolute atomic E-state index is 2.45. The number of para-hydroxylation sites is 2. The second-order valence-electron chi connectivity index (χ2n) is 13.7. The molecule has 0 fully saturated rings. The van der Waals surface area contributed by atoms with Crippen LogP contribution >= 0.6 is 0 Å². The van der Waals surface area contributed by atoms with Gasteiger partial charge in [0.1, 0.15) is 0 Å². The van der Waals surface area contributed by atoms with Crippen molar-refractivity contribution in [1.29, 1.82) is 0 Å². The Morgan fingerprint density at radius 2 is 0.961 bits per heavy atom. The van der Waals surface area contributed by atoms with Gasteiger partial charge in [0.05, 0.1) is 0 Å². The molecule has 7 aromatic carbocycles. The maximum atomic E-state index is 2.45. The molecule has 0 heterocycles. The third-order valence-corrected chi connectivity index (χ3v) is 10.9. The Hall–Kier alpha value is -5.92. The normalized spacial score (nSPS) is 12.8. The molecule has 1 aliphatic rings. The topological polar surface area (TPSA) is 3.24 Å². The predicted octanol–water partition coefficient (Wildman–Crippen LogP) is 14.1. The molecular weight excluding hydrogens is 615 g/mol. The Bertz CT molecular complexity index is 2270. The largest absolute Gasteiger partial charge is 0.310 e. The SMILES string of the molecule is CCC1(CC)c2cc(/C=C/c3ccc(-c4ccc(C)c(-c5ccccc5)c4)cc3)ccc2-c2ccc(N(c3ccccc3)c3ccccc3)cc21. The molecule has 0 atom stereocenters. The van der Waals surface area contributed by atoms with Gasteiger partial charge in [-0.25, -0.2) is 0 Å². The Labute approximate surface area is 303 Å². The highest BCUT2D eigenvalue weighted by molar-refractivity contribution is 5.87. The highest BCUT2D eigenvalue weighted by Crippen LogP contribution is 2.54. The summed E-state index contributed by atoms with van der Waals surface area (Å²) in [5.74, 6) is 0. The van der Waals surface area contributed by atoms with Crippen molar-refractivity contribution in [3.63, 3.8) is 0 Å². The highest BCUT2D eigenvalue weighted by atomic mass is 15.1. The first-order valence-electron chi connectivity index (χ1n) is 18.2. The fourth-order valence-electron chi connectivity index (χ4n) is 8.07. The molecule has 8 rings (SSSR count). The number of fused-ring (bicyclic) bond motifs is 3. The molecule has 1 heteroatoms. The van der Waals surface area contributed by atoms with E-state index < -0.39 is 0 Å². The van der Waals surface area contributed by atoms with Gasteiger partial charge in [-0.2, -0.15) is 0 Å². The van der Waals surface area contributed by atoms with Gasteiger partial charge in [-0.15, -0.1) is 0 Å². The fraction of sp³-hybridized carbons (Fsp3) is 0.120. The standard InChI is InChI=1S/C50H43N/c1-4-50(5-2)48-33-38(23-22-37-24-28-39(29-25-37)41-27-21-36(3)47(34-41)40-15-9-6-10-16-40)26-31-45(48)46-32-30-44(35-49(46)50)51(42-17-11-7-12-18-42)43-19-13-8-14-20-43/h6-35H,4-5H2,1-3H3/b23-22+. The van der Waals surface area contributed by atoms with Crippen LogP contribution in [0.2, 0.25) is 0 Å². The molecule has 0 saturated heterocycles. The summed E-state index contributed by atoms with van der Waals surface area (Å²) >= 11 is 0. The predicted molar refractivity (Wildman–Crippen MR) is 219 cm³/mol. The smallest absolute Gasteiger partial charge is 0.0465 e. The number of rotatable bonds is 9. The van der Waals surface area contributed by atoms with Crippen molar-refractivity contribution in [2.45, 2.75) is 39.0 Å². The van der Waals surface area contributed by atoms with Crippen LogP contribution in [0, 0.1) is 6.92 Å². The molecule has 248 valence electrons. The molecule has 0 unspecified atom stereocenters. The van der Waals surface area contributed by atoms with Gasteiger partial charge >= 0.3 is 0 Å². The van der Waals surface area contributed by atoms with Crippen molar-refractivity contribution >= 4 is 29.2 Å². The van der Waals surface area contributed by atoms with E-state index in [0.29, 0.717) is 0 Å². The third kappa shape index (κ3) is 6.00. The van der Waals surface area contributed by atoms with Crippen molar-refractivity contribution in [3.05, 3.63) is 198 Å². The van der Waals surface area contributed by atoms with Crippen molar-refractivity contribution in [1.82, 2.24) is 0 Å². The number of nitrogens with zero attached hydrogens (tertiary/aromatic N) is 1. The van der Waals surface area contributed by atoms with E-state index in [0.717, 1.165) is 24.2 Å². The average Bonchev–Trinajstić information content (AvgIpc) is 3.47. The number of hydrogen-bond acceptors (Lipinski definition) is 1. The number of hydrogen-bond donors (Lipinski definition) is 0. The van der Waals surface area contributed by atoms with E-state index in [9.17, 15) is 0 Å². The van der Waals surface area contributed by atoms with E-state index in [1.165, 1.54) is 66.9 Å². The minimum atomic E-state index is -0.0438. The zero-order valence-electron chi connectivity index (χ0n) is 29.7. The summed E-state index contributed by atoms with van der Waals surface area (Å²) in [4.78, 5) is 2.37. The molecule has 0 saturated carbocycles. The molecule has 0 N–H and O–H groups in total. The van der Waals surface area contributed by atoms with Gasteiger partial charge in [0, 0.05) is 22.5 Å². The van der Waals surface area contributed by atoms with Gasteiger partial charge in [-0.1, -0.05) is 153 Å². The lowest BCUT2D eigenvalue weighted by Gasteiger charge is -2.32. The molecule has 0 aliphatic heterocycles. The summed E-state index contributed by atoms with van der Waals surface area (Å²) < 4.78 is 0. The van der Waals surface area contributed by atoms with E-state index in [2.05, 4.69) is 208 Å². The minimum Gasteiger partial charge on any atom is -0.310 e. The van der Waals surface area contributed by atoms with Crippen LogP contribution in [0.5, 0.6) is 0 Å². The van der Waals surface area contributed by atoms with E-state index >= 15 is 0 Å². The van der Waals surface area contributed by atoms with Crippen LogP contribution in [0.3, 0.4) is 0 Å². The van der Waals surface area contributed by atoms with Crippen LogP contribution in [0.15, 0.2) is 170 Å². The van der Waals surface area contributed by atoms with Gasteiger partial charge in [-0.3, -0.25) is 0 Å². The number of aryl methyl sites for hydroxylation is 1. The first-order chi connectivity index (χ1) is 25.1. The number of benzene rings is 7. The molecule has 0 spiro atoms. The lowest BCUT2D eigenvalue weighted by Crippen LogP contribution is -2.23. The maximum Gasteiger partial charge on any atom is 0.0465 e. The Balaban J connectivity index is 1.09. The minimum absolute atomic E-state index is 0.0438. The molecule has 0 bridgehead atoms. The second kappa shape index (κ2) is 13.8. The van der Waals surface area contributed by atoms with Crippen molar-refractivity contribution in [2.75, 3.05) is 4.90 Å². The molecule has 0 aromatic heterocycles. The van der Waals surface area contributed by atoms with Gasteiger partial charge in [0.2, 0.25) is 0 Å². The Morgan fingerprint density at radius 3 is 1.59 bits per heavy atom. The second-order valence-corrected chi connectivity index (χ2v) is 13.7. The summed E-state index contributed by atoms with van der Waals surface area (Å²) in [6, 6.07) is 61.9. The molecule has 1 nitrogen and oxygen atoms in total. The van der Waals surface area contributed by atoms with Crippen LogP contribution in [0.25, 0.3) is 45.5 Å². The summed E-state index contributed by atoms with van der Waals surface area (Å²) in [5, 5.41) is 0. The van der Waals surface area contributed by atoms with E-state index in [1.807, 2.05) is 0 Å². The van der Waals surface area contributed by atoms with Gasteiger partial charge in [-0.05, 0) is 123 Å². The molecule has 0 amide bonds. The molecule has 51 heavy (non-hydrogen) atoms. The zero-order chi connectivity index (χ0) is 34.8. The third-order valence-electron chi connectivity index (χ3n) is 10.9. The molecule has 0 radical (unpaired) electrons. The summed E-state index contributed by atoms with van der Waals surface area (Å²) in [5.41, 5.74) is 17.8. The van der Waals surface area contributed by atoms with Crippen LogP contribution in [-0.4, -0.2) is 0 Å². The van der Waals surface area contributed by atoms with Crippen molar-refractivity contribution in [2.24, 2.45) is 0 Å². The summed E-state index contributed by atoms with van der Waals surface area (Å²) in [6.45, 7) is 6.88. The number of anilines is 3. The lowest BCUT2D eigenvalue weighted by atomic mass is 9.73. The highest BCUT2D eigenvalue weighted by Gasteiger charge is 2.41. The van der Waals surface area contributed by atoms with E-state index in [4.69, 9.17) is 0 Å².